The Balaban J connectivity index is 2.49. The average molecular weight is 218 g/mol. The van der Waals surface area contributed by atoms with Crippen molar-refractivity contribution in [2.45, 2.75) is 6.42 Å². The molecule has 0 saturated carbocycles. The summed E-state index contributed by atoms with van der Waals surface area (Å²) < 4.78 is 0. The van der Waals surface area contributed by atoms with Crippen LogP contribution >= 0.6 is 0 Å². The van der Waals surface area contributed by atoms with E-state index in [1.165, 1.54) is 11.9 Å². The third-order valence-corrected chi connectivity index (χ3v) is 2.86. The first kappa shape index (κ1) is 10.7. The van der Waals surface area contributed by atoms with Crippen LogP contribution in [-0.4, -0.2) is 37.9 Å². The lowest BCUT2D eigenvalue weighted by atomic mass is 9.98. The number of carbonyl (C=O) groups is 2. The molecule has 0 fully saturated rings. The molecular formula is C12H14N2O2. The largest absolute Gasteiger partial charge is 0.378 e. The van der Waals surface area contributed by atoms with Crippen molar-refractivity contribution >= 4 is 17.5 Å². The quantitative estimate of drug-likeness (QED) is 0.658. The zero-order valence-electron chi connectivity index (χ0n) is 9.65. The zero-order valence-corrected chi connectivity index (χ0v) is 9.65. The van der Waals surface area contributed by atoms with Gasteiger partial charge in [-0.1, -0.05) is 0 Å². The Hall–Kier alpha value is -1.84. The standard InChI is InChI=1S/C12H14N2O2/c1-13(2)9-4-5-10-8(6-9)7-11(15)14(3)12(10)16/h4-6H,7H2,1-3H3. The fourth-order valence-corrected chi connectivity index (χ4v) is 1.79. The summed E-state index contributed by atoms with van der Waals surface area (Å²) in [6.07, 6.45) is 0.305. The van der Waals surface area contributed by atoms with Crippen molar-refractivity contribution in [2.24, 2.45) is 0 Å². The molecular weight excluding hydrogens is 204 g/mol. The molecule has 4 nitrogen and oxygen atoms in total. The Morgan fingerprint density at radius 1 is 1.25 bits per heavy atom. The highest BCUT2D eigenvalue weighted by Gasteiger charge is 2.27. The summed E-state index contributed by atoms with van der Waals surface area (Å²) in [5, 5.41) is 0. The van der Waals surface area contributed by atoms with Gasteiger partial charge in [0.15, 0.2) is 0 Å². The summed E-state index contributed by atoms with van der Waals surface area (Å²) in [7, 11) is 5.38. The normalized spacial score (nSPS) is 15.1. The summed E-state index contributed by atoms with van der Waals surface area (Å²) in [6, 6.07) is 5.58. The average Bonchev–Trinajstić information content (AvgIpc) is 2.25. The van der Waals surface area contributed by atoms with E-state index in [1.54, 1.807) is 6.07 Å². The van der Waals surface area contributed by atoms with Crippen LogP contribution in [0, 0.1) is 0 Å². The van der Waals surface area contributed by atoms with Gasteiger partial charge in [0, 0.05) is 32.4 Å². The van der Waals surface area contributed by atoms with Gasteiger partial charge >= 0.3 is 0 Å². The van der Waals surface area contributed by atoms with Crippen LogP contribution in [-0.2, 0) is 11.2 Å². The lowest BCUT2D eigenvalue weighted by Crippen LogP contribution is -2.39. The number of amides is 2. The molecule has 0 spiro atoms. The molecule has 0 aromatic heterocycles. The number of likely N-dealkylation sites (N-methyl/N-ethyl adjacent to an activating group) is 1. The summed E-state index contributed by atoms with van der Waals surface area (Å²) >= 11 is 0. The van der Waals surface area contributed by atoms with E-state index in [0.29, 0.717) is 12.0 Å². The molecule has 1 aliphatic heterocycles. The highest BCUT2D eigenvalue weighted by atomic mass is 16.2. The number of hydrogen-bond acceptors (Lipinski definition) is 3. The van der Waals surface area contributed by atoms with Crippen LogP contribution in [0.2, 0.25) is 0 Å². The number of fused-ring (bicyclic) bond motifs is 1. The molecule has 0 radical (unpaired) electrons. The van der Waals surface area contributed by atoms with Gasteiger partial charge in [-0.3, -0.25) is 14.5 Å². The number of nitrogens with zero attached hydrogens (tertiary/aromatic N) is 2. The second kappa shape index (κ2) is 3.63. The minimum Gasteiger partial charge on any atom is -0.378 e. The molecule has 0 atom stereocenters. The van der Waals surface area contributed by atoms with Gasteiger partial charge in [0.25, 0.3) is 5.91 Å². The second-order valence-corrected chi connectivity index (χ2v) is 4.17. The maximum atomic E-state index is 11.8. The van der Waals surface area contributed by atoms with Crippen molar-refractivity contribution in [2.75, 3.05) is 26.0 Å². The molecule has 0 N–H and O–H groups in total. The molecule has 84 valence electrons. The zero-order chi connectivity index (χ0) is 11.9. The van der Waals surface area contributed by atoms with Gasteiger partial charge < -0.3 is 4.90 Å². The minimum absolute atomic E-state index is 0.145. The van der Waals surface area contributed by atoms with Gasteiger partial charge in [0.1, 0.15) is 0 Å². The number of anilines is 1. The topological polar surface area (TPSA) is 40.6 Å². The van der Waals surface area contributed by atoms with E-state index in [-0.39, 0.29) is 11.8 Å². The number of hydrogen-bond donors (Lipinski definition) is 0. The first-order chi connectivity index (χ1) is 7.50. The SMILES string of the molecule is CN1C(=O)Cc2cc(N(C)C)ccc2C1=O. The maximum Gasteiger partial charge on any atom is 0.260 e. The second-order valence-electron chi connectivity index (χ2n) is 4.17. The Morgan fingerprint density at radius 2 is 1.94 bits per heavy atom. The van der Waals surface area contributed by atoms with Crippen LogP contribution in [0.15, 0.2) is 18.2 Å². The molecule has 16 heavy (non-hydrogen) atoms. The van der Waals surface area contributed by atoms with E-state index >= 15 is 0 Å². The molecule has 1 aromatic rings. The van der Waals surface area contributed by atoms with Crippen LogP contribution in [0.25, 0.3) is 0 Å². The lowest BCUT2D eigenvalue weighted by molar-refractivity contribution is -0.127. The summed E-state index contributed by atoms with van der Waals surface area (Å²) in [4.78, 5) is 26.5. The number of imide groups is 1. The van der Waals surface area contributed by atoms with Crippen LogP contribution in [0.3, 0.4) is 0 Å². The molecule has 1 heterocycles. The first-order valence-electron chi connectivity index (χ1n) is 5.12. The Bertz CT molecular complexity index is 466. The highest BCUT2D eigenvalue weighted by molar-refractivity contribution is 6.09. The molecule has 2 rings (SSSR count). The van der Waals surface area contributed by atoms with E-state index in [9.17, 15) is 9.59 Å². The first-order valence-corrected chi connectivity index (χ1v) is 5.12. The number of benzene rings is 1. The summed E-state index contributed by atoms with van der Waals surface area (Å²) in [5.74, 6) is -0.357. The molecule has 2 amide bonds. The molecule has 0 bridgehead atoms. The molecule has 1 aliphatic rings. The van der Waals surface area contributed by atoms with E-state index in [2.05, 4.69) is 0 Å². The maximum absolute atomic E-state index is 11.8. The van der Waals surface area contributed by atoms with Gasteiger partial charge in [-0.25, -0.2) is 0 Å². The van der Waals surface area contributed by atoms with Crippen molar-refractivity contribution in [3.63, 3.8) is 0 Å². The predicted octanol–water partition coefficient (Wildman–Crippen LogP) is 0.907. The van der Waals surface area contributed by atoms with Crippen LogP contribution < -0.4 is 4.90 Å². The number of carbonyl (C=O) groups excluding carboxylic acids is 2. The molecule has 0 aliphatic carbocycles. The fourth-order valence-electron chi connectivity index (χ4n) is 1.79. The van der Waals surface area contributed by atoms with Crippen molar-refractivity contribution in [1.29, 1.82) is 0 Å². The van der Waals surface area contributed by atoms with Gasteiger partial charge in [-0.15, -0.1) is 0 Å². The smallest absolute Gasteiger partial charge is 0.260 e. The van der Waals surface area contributed by atoms with Gasteiger partial charge in [-0.2, -0.15) is 0 Å². The lowest BCUT2D eigenvalue weighted by Gasteiger charge is -2.24. The van der Waals surface area contributed by atoms with Gasteiger partial charge in [-0.05, 0) is 23.8 Å². The predicted molar refractivity (Wildman–Crippen MR) is 61.6 cm³/mol. The third kappa shape index (κ3) is 1.56. The van der Waals surface area contributed by atoms with Crippen LogP contribution in [0.4, 0.5) is 5.69 Å². The Labute approximate surface area is 94.5 Å². The number of rotatable bonds is 1. The monoisotopic (exact) mass is 218 g/mol. The van der Waals surface area contributed by atoms with E-state index in [0.717, 1.165) is 11.3 Å². The third-order valence-electron chi connectivity index (χ3n) is 2.86. The van der Waals surface area contributed by atoms with Crippen molar-refractivity contribution in [3.05, 3.63) is 29.3 Å². The van der Waals surface area contributed by atoms with E-state index in [4.69, 9.17) is 0 Å². The van der Waals surface area contributed by atoms with Gasteiger partial charge in [0.2, 0.25) is 5.91 Å². The van der Waals surface area contributed by atoms with Crippen molar-refractivity contribution < 1.29 is 9.59 Å². The van der Waals surface area contributed by atoms with E-state index in [1.807, 2.05) is 31.1 Å². The van der Waals surface area contributed by atoms with E-state index < -0.39 is 0 Å². The van der Waals surface area contributed by atoms with Gasteiger partial charge in [0.05, 0.1) is 6.42 Å². The Morgan fingerprint density at radius 3 is 2.56 bits per heavy atom. The minimum atomic E-state index is -0.212. The fraction of sp³-hybridized carbons (Fsp3) is 0.333. The molecule has 1 aromatic carbocycles. The Kier molecular flexibility index (Phi) is 2.42. The summed E-state index contributed by atoms with van der Waals surface area (Å²) in [5.41, 5.74) is 2.45. The summed E-state index contributed by atoms with van der Waals surface area (Å²) in [6.45, 7) is 0. The van der Waals surface area contributed by atoms with Crippen molar-refractivity contribution in [3.8, 4) is 0 Å². The molecule has 4 heteroatoms. The molecule has 0 unspecified atom stereocenters. The molecule has 0 saturated heterocycles. The van der Waals surface area contributed by atoms with Crippen molar-refractivity contribution in [1.82, 2.24) is 4.90 Å². The van der Waals surface area contributed by atoms with Crippen LogP contribution in [0.5, 0.6) is 0 Å². The van der Waals surface area contributed by atoms with Crippen LogP contribution in [0.1, 0.15) is 15.9 Å². The highest BCUT2D eigenvalue weighted by Crippen LogP contribution is 2.23.